The Labute approximate surface area is 235 Å². The van der Waals surface area contributed by atoms with Gasteiger partial charge in [-0.25, -0.2) is 18.9 Å². The molecule has 1 N–H and O–H groups in total. The average molecular weight is 596 g/mol. The molecule has 4 aromatic rings. The van der Waals surface area contributed by atoms with Crippen molar-refractivity contribution in [3.8, 4) is 22.8 Å². The van der Waals surface area contributed by atoms with Crippen molar-refractivity contribution < 1.29 is 45.4 Å². The van der Waals surface area contributed by atoms with E-state index in [0.29, 0.717) is 40.6 Å². The fourth-order valence-corrected chi connectivity index (χ4v) is 4.42. The topological polar surface area (TPSA) is 77.2 Å². The van der Waals surface area contributed by atoms with Gasteiger partial charge in [0.1, 0.15) is 17.1 Å². The Kier molecular flexibility index (Phi) is 8.88. The van der Waals surface area contributed by atoms with Gasteiger partial charge in [0.05, 0.1) is 18.5 Å². The number of alkyl halides is 6. The van der Waals surface area contributed by atoms with Gasteiger partial charge < -0.3 is 9.84 Å². The molecule has 0 saturated heterocycles. The van der Waals surface area contributed by atoms with E-state index < -0.39 is 41.8 Å². The number of aromatic nitrogens is 3. The van der Waals surface area contributed by atoms with E-state index in [0.717, 1.165) is 11.1 Å². The number of ether oxygens (including phenoxy) is 1. The summed E-state index contributed by atoms with van der Waals surface area (Å²) in [4.78, 5) is 15.6. The number of nitrogens with zero attached hydrogens (tertiary/aromatic N) is 3. The van der Waals surface area contributed by atoms with Crippen LogP contribution in [0.4, 0.5) is 30.7 Å². The number of carboxylic acids is 1. The Hall–Kier alpha value is -4.42. The number of halogens is 7. The number of hydrogen-bond acceptors (Lipinski definition) is 4. The maximum Gasteiger partial charge on any atom is 0.434 e. The highest BCUT2D eigenvalue weighted by Crippen LogP contribution is 2.34. The lowest BCUT2D eigenvalue weighted by molar-refractivity contribution is -0.143. The lowest BCUT2D eigenvalue weighted by Crippen LogP contribution is -2.18. The monoisotopic (exact) mass is 595 g/mol. The summed E-state index contributed by atoms with van der Waals surface area (Å²) in [5, 5.41) is 12.8. The standard InChI is InChI=1S/C29H24F7N3O3/c1-17-14-21(42-13-3-12-28(31,32)33)11-9-18(17)6-7-19-8-10-20(30)15-22(19)24-4-2-5-25(38-24)39-26(29(34,35)36)23(16-37-39)27(40)41/h2,4-5,8-11,14-16H,3,6-7,12-13H2,1H3,(H,40,41). The zero-order valence-electron chi connectivity index (χ0n) is 22.1. The second-order valence-corrected chi connectivity index (χ2v) is 9.46. The molecule has 0 unspecified atom stereocenters. The minimum atomic E-state index is -5.03. The molecule has 13 heteroatoms. The molecular formula is C29H24F7N3O3. The van der Waals surface area contributed by atoms with Gasteiger partial charge in [0.25, 0.3) is 0 Å². The van der Waals surface area contributed by atoms with Crippen molar-refractivity contribution in [1.82, 2.24) is 14.8 Å². The molecule has 0 radical (unpaired) electrons. The number of aryl methyl sites for hydroxylation is 3. The summed E-state index contributed by atoms with van der Waals surface area (Å²) in [5.74, 6) is -2.25. The van der Waals surface area contributed by atoms with Gasteiger partial charge in [0, 0.05) is 12.0 Å². The number of carboxylic acid groups (broad SMARTS) is 1. The van der Waals surface area contributed by atoms with Crippen molar-refractivity contribution in [3.05, 3.63) is 94.6 Å². The first kappa shape index (κ1) is 30.5. The van der Waals surface area contributed by atoms with Crippen molar-refractivity contribution in [1.29, 1.82) is 0 Å². The van der Waals surface area contributed by atoms with E-state index in [9.17, 15) is 40.6 Å². The quantitative estimate of drug-likeness (QED) is 0.151. The van der Waals surface area contributed by atoms with Crippen molar-refractivity contribution in [2.45, 2.75) is 45.0 Å². The molecule has 0 bridgehead atoms. The van der Waals surface area contributed by atoms with Gasteiger partial charge in [-0.05, 0) is 79.3 Å². The summed E-state index contributed by atoms with van der Waals surface area (Å²) in [6.45, 7) is 1.74. The third-order valence-corrected chi connectivity index (χ3v) is 6.42. The Bertz CT molecular complexity index is 1580. The van der Waals surface area contributed by atoms with E-state index in [4.69, 9.17) is 4.74 Å². The first-order chi connectivity index (χ1) is 19.7. The molecule has 222 valence electrons. The van der Waals surface area contributed by atoms with Crippen molar-refractivity contribution in [2.75, 3.05) is 6.61 Å². The van der Waals surface area contributed by atoms with Crippen molar-refractivity contribution in [3.63, 3.8) is 0 Å². The van der Waals surface area contributed by atoms with Crippen LogP contribution in [0.3, 0.4) is 0 Å². The molecule has 0 fully saturated rings. The first-order valence-electron chi connectivity index (χ1n) is 12.7. The third kappa shape index (κ3) is 7.45. The Morgan fingerprint density at radius 2 is 1.69 bits per heavy atom. The second kappa shape index (κ2) is 12.2. The normalized spacial score (nSPS) is 12.0. The molecule has 0 aliphatic rings. The highest BCUT2D eigenvalue weighted by molar-refractivity contribution is 5.89. The number of pyridine rings is 1. The number of benzene rings is 2. The van der Waals surface area contributed by atoms with E-state index >= 15 is 0 Å². The van der Waals surface area contributed by atoms with Crippen LogP contribution in [-0.2, 0) is 19.0 Å². The molecule has 0 spiro atoms. The van der Waals surface area contributed by atoms with E-state index in [2.05, 4.69) is 10.1 Å². The maximum absolute atomic E-state index is 14.3. The molecular weight excluding hydrogens is 571 g/mol. The van der Waals surface area contributed by atoms with Crippen LogP contribution < -0.4 is 4.74 Å². The maximum atomic E-state index is 14.3. The molecule has 4 rings (SSSR count). The molecule has 2 aromatic heterocycles. The predicted molar refractivity (Wildman–Crippen MR) is 138 cm³/mol. The number of carbonyl (C=O) groups is 1. The summed E-state index contributed by atoms with van der Waals surface area (Å²) < 4.78 is 98.2. The lowest BCUT2D eigenvalue weighted by atomic mass is 9.95. The molecule has 0 atom stereocenters. The summed E-state index contributed by atoms with van der Waals surface area (Å²) in [7, 11) is 0. The van der Waals surface area contributed by atoms with Crippen LogP contribution in [0.2, 0.25) is 0 Å². The van der Waals surface area contributed by atoms with E-state index in [-0.39, 0.29) is 24.5 Å². The van der Waals surface area contributed by atoms with E-state index in [1.807, 2.05) is 6.92 Å². The fraction of sp³-hybridized carbons (Fsp3) is 0.276. The van der Waals surface area contributed by atoms with Gasteiger partial charge in [-0.1, -0.05) is 18.2 Å². The highest BCUT2D eigenvalue weighted by atomic mass is 19.4. The number of rotatable bonds is 10. The Morgan fingerprint density at radius 3 is 2.36 bits per heavy atom. The summed E-state index contributed by atoms with van der Waals surface area (Å²) in [6.07, 6.45) is -8.90. The second-order valence-electron chi connectivity index (χ2n) is 9.46. The Morgan fingerprint density at radius 1 is 0.976 bits per heavy atom. The van der Waals surface area contributed by atoms with Crippen molar-refractivity contribution in [2.24, 2.45) is 0 Å². The van der Waals surface area contributed by atoms with Crippen molar-refractivity contribution >= 4 is 5.97 Å². The van der Waals surface area contributed by atoms with Crippen LogP contribution in [0.5, 0.6) is 5.75 Å². The van der Waals surface area contributed by atoms with Gasteiger partial charge in [0.2, 0.25) is 0 Å². The number of aromatic carboxylic acids is 1. The summed E-state index contributed by atoms with van der Waals surface area (Å²) >= 11 is 0. The molecule has 6 nitrogen and oxygen atoms in total. The molecule has 0 aliphatic heterocycles. The lowest BCUT2D eigenvalue weighted by Gasteiger charge is -2.14. The van der Waals surface area contributed by atoms with Gasteiger partial charge in [-0.15, -0.1) is 0 Å². The largest absolute Gasteiger partial charge is 0.494 e. The first-order valence-corrected chi connectivity index (χ1v) is 12.7. The molecule has 42 heavy (non-hydrogen) atoms. The minimum absolute atomic E-state index is 0.0794. The third-order valence-electron chi connectivity index (χ3n) is 6.42. The highest BCUT2D eigenvalue weighted by Gasteiger charge is 2.41. The SMILES string of the molecule is Cc1cc(OCCCC(F)(F)F)ccc1CCc1ccc(F)cc1-c1cccc(-n2ncc(C(=O)O)c2C(F)(F)F)n1. The van der Waals surface area contributed by atoms with Crippen LogP contribution in [0, 0.1) is 12.7 Å². The average Bonchev–Trinajstić information content (AvgIpc) is 3.38. The smallest absolute Gasteiger partial charge is 0.434 e. The predicted octanol–water partition coefficient (Wildman–Crippen LogP) is 7.61. The van der Waals surface area contributed by atoms with Crippen LogP contribution in [0.1, 0.15) is 45.6 Å². The summed E-state index contributed by atoms with van der Waals surface area (Å²) in [6, 6.07) is 13.3. The fourth-order valence-electron chi connectivity index (χ4n) is 4.42. The number of hydrogen-bond donors (Lipinski definition) is 1. The molecule has 0 saturated carbocycles. The van der Waals surface area contributed by atoms with Crippen LogP contribution in [0.15, 0.2) is 60.8 Å². The van der Waals surface area contributed by atoms with Crippen LogP contribution in [0.25, 0.3) is 17.1 Å². The van der Waals surface area contributed by atoms with Gasteiger partial charge >= 0.3 is 18.3 Å². The van der Waals surface area contributed by atoms with Gasteiger partial charge in [-0.2, -0.15) is 31.4 Å². The zero-order chi connectivity index (χ0) is 30.7. The molecule has 2 aromatic carbocycles. The van der Waals surface area contributed by atoms with Gasteiger partial charge in [0.15, 0.2) is 11.5 Å². The van der Waals surface area contributed by atoms with Crippen LogP contribution in [-0.4, -0.2) is 38.6 Å². The Balaban J connectivity index is 1.56. The minimum Gasteiger partial charge on any atom is -0.494 e. The zero-order valence-corrected chi connectivity index (χ0v) is 22.1. The van der Waals surface area contributed by atoms with E-state index in [1.165, 1.54) is 30.3 Å². The van der Waals surface area contributed by atoms with Gasteiger partial charge in [-0.3, -0.25) is 0 Å². The summed E-state index contributed by atoms with van der Waals surface area (Å²) in [5.41, 5.74) is 0.342. The van der Waals surface area contributed by atoms with E-state index in [1.54, 1.807) is 24.3 Å². The van der Waals surface area contributed by atoms with Crippen LogP contribution >= 0.6 is 0 Å². The molecule has 2 heterocycles. The molecule has 0 aliphatic carbocycles. The molecule has 0 amide bonds.